The number of aromatic nitrogens is 4. The number of carbonyl (C=O) groups is 1. The number of esters is 1. The van der Waals surface area contributed by atoms with Crippen LogP contribution < -0.4 is 17.0 Å². The number of fused-ring (bicyclic) bond motifs is 1. The van der Waals surface area contributed by atoms with E-state index in [1.165, 1.54) is 24.7 Å². The molecule has 6 N–H and O–H groups in total. The molecule has 25 heavy (non-hydrogen) atoms. The average molecular weight is 354 g/mol. The Labute approximate surface area is 142 Å². The number of imidazole rings is 1. The molecule has 1 atom stereocenters. The SMILES string of the molecule is CCCOC(=O)[C@](N)(OCn1cnc2c(=O)[nH]c(N)nc21)C(C)(C)O. The number of hydrogen-bond acceptors (Lipinski definition) is 9. The van der Waals surface area contributed by atoms with Crippen LogP contribution in [0.1, 0.15) is 27.2 Å². The number of H-pyrrole nitrogens is 1. The average Bonchev–Trinajstić information content (AvgIpc) is 2.92. The van der Waals surface area contributed by atoms with Crippen molar-refractivity contribution in [2.24, 2.45) is 5.73 Å². The summed E-state index contributed by atoms with van der Waals surface area (Å²) in [7, 11) is 0. The van der Waals surface area contributed by atoms with Gasteiger partial charge in [0.25, 0.3) is 5.56 Å². The van der Waals surface area contributed by atoms with Gasteiger partial charge < -0.3 is 20.3 Å². The molecule has 0 radical (unpaired) electrons. The van der Waals surface area contributed by atoms with Gasteiger partial charge in [0.15, 0.2) is 11.2 Å². The summed E-state index contributed by atoms with van der Waals surface area (Å²) in [6.45, 7) is 4.30. The summed E-state index contributed by atoms with van der Waals surface area (Å²) in [5.41, 5.74) is 7.33. The fourth-order valence-corrected chi connectivity index (χ4v) is 2.02. The molecule has 0 spiro atoms. The first kappa shape index (κ1) is 18.8. The first-order chi connectivity index (χ1) is 11.6. The Morgan fingerprint density at radius 3 is 2.76 bits per heavy atom. The molecule has 0 amide bonds. The monoisotopic (exact) mass is 354 g/mol. The van der Waals surface area contributed by atoms with Gasteiger partial charge in [-0.2, -0.15) is 4.98 Å². The van der Waals surface area contributed by atoms with Crippen LogP contribution in [-0.2, 0) is 21.0 Å². The topological polar surface area (TPSA) is 171 Å². The number of carbonyl (C=O) groups excluding carboxylic acids is 1. The summed E-state index contributed by atoms with van der Waals surface area (Å²) < 4.78 is 11.8. The number of nitrogens with one attached hydrogen (secondary N) is 1. The van der Waals surface area contributed by atoms with Gasteiger partial charge in [0.2, 0.25) is 11.7 Å². The Kier molecular flexibility index (Phi) is 5.11. The molecule has 0 fully saturated rings. The lowest BCUT2D eigenvalue weighted by Gasteiger charge is -2.37. The molecule has 2 heterocycles. The second kappa shape index (κ2) is 6.78. The third kappa shape index (κ3) is 3.62. The molecule has 0 saturated heterocycles. The summed E-state index contributed by atoms with van der Waals surface area (Å²) in [5, 5.41) is 10.3. The number of nitrogens with two attached hydrogens (primary N) is 2. The Bertz CT molecular complexity index is 823. The summed E-state index contributed by atoms with van der Waals surface area (Å²) in [4.78, 5) is 34.2. The first-order valence-electron chi connectivity index (χ1n) is 7.63. The normalized spacial score (nSPS) is 14.4. The van der Waals surface area contributed by atoms with Crippen LogP contribution in [0.5, 0.6) is 0 Å². The van der Waals surface area contributed by atoms with Crippen LogP contribution in [0.4, 0.5) is 5.95 Å². The molecule has 0 aromatic carbocycles. The molecule has 0 unspecified atom stereocenters. The predicted molar refractivity (Wildman–Crippen MR) is 88.1 cm³/mol. The molecule has 2 aromatic rings. The largest absolute Gasteiger partial charge is 0.462 e. The van der Waals surface area contributed by atoms with Gasteiger partial charge in [-0.3, -0.25) is 20.1 Å². The zero-order chi connectivity index (χ0) is 18.8. The van der Waals surface area contributed by atoms with Crippen LogP contribution in [0, 0.1) is 0 Å². The number of rotatable bonds is 7. The Morgan fingerprint density at radius 2 is 2.16 bits per heavy atom. The smallest absolute Gasteiger partial charge is 0.356 e. The molecule has 2 rings (SSSR count). The van der Waals surface area contributed by atoms with Crippen molar-refractivity contribution in [3.63, 3.8) is 0 Å². The van der Waals surface area contributed by atoms with Crippen LogP contribution in [0.25, 0.3) is 11.2 Å². The molecule has 0 saturated carbocycles. The van der Waals surface area contributed by atoms with E-state index in [2.05, 4.69) is 15.0 Å². The van der Waals surface area contributed by atoms with E-state index >= 15 is 0 Å². The van der Waals surface area contributed by atoms with Gasteiger partial charge in [-0.1, -0.05) is 6.92 Å². The highest BCUT2D eigenvalue weighted by atomic mass is 16.6. The van der Waals surface area contributed by atoms with Crippen molar-refractivity contribution in [3.05, 3.63) is 16.7 Å². The number of anilines is 1. The van der Waals surface area contributed by atoms with Crippen LogP contribution in [0.2, 0.25) is 0 Å². The van der Waals surface area contributed by atoms with E-state index in [-0.39, 0.29) is 30.4 Å². The minimum atomic E-state index is -2.13. The second-order valence-electron chi connectivity index (χ2n) is 6.04. The van der Waals surface area contributed by atoms with Gasteiger partial charge in [0.1, 0.15) is 12.3 Å². The quantitative estimate of drug-likeness (QED) is 0.361. The maximum atomic E-state index is 12.3. The second-order valence-corrected chi connectivity index (χ2v) is 6.04. The summed E-state index contributed by atoms with van der Waals surface area (Å²) in [6.07, 6.45) is 1.88. The van der Waals surface area contributed by atoms with E-state index in [0.29, 0.717) is 6.42 Å². The number of hydrogen-bond donors (Lipinski definition) is 4. The highest BCUT2D eigenvalue weighted by Crippen LogP contribution is 2.23. The van der Waals surface area contributed by atoms with Crippen LogP contribution in [-0.4, -0.2) is 48.5 Å². The minimum absolute atomic E-state index is 0.0530. The number of aliphatic hydroxyl groups is 1. The van der Waals surface area contributed by atoms with Gasteiger partial charge in [-0.05, 0) is 20.3 Å². The van der Waals surface area contributed by atoms with Crippen molar-refractivity contribution >= 4 is 23.1 Å². The zero-order valence-corrected chi connectivity index (χ0v) is 14.3. The van der Waals surface area contributed by atoms with Crippen LogP contribution >= 0.6 is 0 Å². The minimum Gasteiger partial charge on any atom is -0.462 e. The molecule has 0 bridgehead atoms. The maximum Gasteiger partial charge on any atom is 0.356 e. The molecule has 11 nitrogen and oxygen atoms in total. The lowest BCUT2D eigenvalue weighted by molar-refractivity contribution is -0.213. The Morgan fingerprint density at radius 1 is 1.48 bits per heavy atom. The van der Waals surface area contributed by atoms with E-state index in [4.69, 9.17) is 20.9 Å². The fourth-order valence-electron chi connectivity index (χ4n) is 2.02. The van der Waals surface area contributed by atoms with Gasteiger partial charge in [-0.25, -0.2) is 9.78 Å². The Hall–Kier alpha value is -2.50. The highest BCUT2D eigenvalue weighted by molar-refractivity contribution is 5.80. The molecule has 0 aliphatic carbocycles. The van der Waals surface area contributed by atoms with Gasteiger partial charge in [0, 0.05) is 0 Å². The Balaban J connectivity index is 2.30. The van der Waals surface area contributed by atoms with Gasteiger partial charge in [0.05, 0.1) is 12.9 Å². The third-order valence-corrected chi connectivity index (χ3v) is 3.57. The molecule has 0 aliphatic rings. The van der Waals surface area contributed by atoms with E-state index in [1.54, 1.807) is 0 Å². The fraction of sp³-hybridized carbons (Fsp3) is 0.571. The number of nitrogens with zero attached hydrogens (tertiary/aromatic N) is 3. The summed E-state index contributed by atoms with van der Waals surface area (Å²) in [6, 6.07) is 0. The third-order valence-electron chi connectivity index (χ3n) is 3.57. The number of aromatic amines is 1. The molecule has 138 valence electrons. The van der Waals surface area contributed by atoms with E-state index in [0.717, 1.165) is 0 Å². The molecular weight excluding hydrogens is 332 g/mol. The predicted octanol–water partition coefficient (Wildman–Crippen LogP) is -0.945. The van der Waals surface area contributed by atoms with Crippen molar-refractivity contribution in [3.8, 4) is 0 Å². The van der Waals surface area contributed by atoms with Crippen molar-refractivity contribution in [2.45, 2.75) is 45.2 Å². The van der Waals surface area contributed by atoms with Crippen molar-refractivity contribution in [1.82, 2.24) is 19.5 Å². The maximum absolute atomic E-state index is 12.3. The van der Waals surface area contributed by atoms with Crippen molar-refractivity contribution in [2.75, 3.05) is 12.3 Å². The molecule has 2 aromatic heterocycles. The van der Waals surface area contributed by atoms with E-state index in [9.17, 15) is 14.7 Å². The highest BCUT2D eigenvalue weighted by Gasteiger charge is 2.50. The standard InChI is InChI=1S/C14H22N6O5/c1-4-5-24-11(22)14(16,13(2,3)23)25-7-20-6-17-8-9(20)18-12(15)19-10(8)21/h6,23H,4-5,7,16H2,1-3H3,(H3,15,18,19,21)/t14-/m0/s1. The van der Waals surface area contributed by atoms with Crippen LogP contribution in [0.3, 0.4) is 0 Å². The van der Waals surface area contributed by atoms with Gasteiger partial charge >= 0.3 is 5.97 Å². The summed E-state index contributed by atoms with van der Waals surface area (Å²) in [5.74, 6) is -1.00. The molecular formula is C14H22N6O5. The first-order valence-corrected chi connectivity index (χ1v) is 7.63. The lowest BCUT2D eigenvalue weighted by atomic mass is 9.95. The van der Waals surface area contributed by atoms with Crippen molar-refractivity contribution < 1.29 is 19.4 Å². The molecule has 11 heteroatoms. The van der Waals surface area contributed by atoms with E-state index in [1.807, 2.05) is 6.92 Å². The lowest BCUT2D eigenvalue weighted by Crippen LogP contribution is -2.65. The van der Waals surface area contributed by atoms with Crippen molar-refractivity contribution in [1.29, 1.82) is 0 Å². The van der Waals surface area contributed by atoms with Crippen LogP contribution in [0.15, 0.2) is 11.1 Å². The number of nitrogen functional groups attached to an aromatic ring is 1. The summed E-state index contributed by atoms with van der Waals surface area (Å²) >= 11 is 0. The van der Waals surface area contributed by atoms with Gasteiger partial charge in [-0.15, -0.1) is 0 Å². The van der Waals surface area contributed by atoms with E-state index < -0.39 is 22.9 Å². The number of ether oxygens (including phenoxy) is 2. The molecule has 0 aliphatic heterocycles. The zero-order valence-electron chi connectivity index (χ0n) is 14.3.